The molecule has 1 saturated heterocycles. The molecule has 1 heterocycles. The van der Waals surface area contributed by atoms with Crippen LogP contribution in [0.4, 0.5) is 0 Å². The number of sulfone groups is 1. The molecule has 0 aromatic heterocycles. The molecule has 27 heavy (non-hydrogen) atoms. The highest BCUT2D eigenvalue weighted by Gasteiger charge is 2.19. The predicted molar refractivity (Wildman–Crippen MR) is 123 cm³/mol. The Labute approximate surface area is 181 Å². The maximum atomic E-state index is 11.5. The lowest BCUT2D eigenvalue weighted by Crippen LogP contribution is -2.45. The average Bonchev–Trinajstić information content (AvgIpc) is 2.64. The van der Waals surface area contributed by atoms with Crippen LogP contribution in [0, 0.1) is 0 Å². The van der Waals surface area contributed by atoms with Gasteiger partial charge in [-0.1, -0.05) is 25.5 Å². The zero-order valence-corrected chi connectivity index (χ0v) is 19.7. The minimum atomic E-state index is -3.15. The largest absolute Gasteiger partial charge is 0.355 e. The molecule has 1 unspecified atom stereocenters. The van der Waals surface area contributed by atoms with Gasteiger partial charge in [0.1, 0.15) is 0 Å². The van der Waals surface area contributed by atoms with Crippen molar-refractivity contribution in [2.24, 2.45) is 4.99 Å². The van der Waals surface area contributed by atoms with Crippen LogP contribution in [0.1, 0.15) is 38.2 Å². The molecule has 0 saturated carbocycles. The first-order chi connectivity index (χ1) is 12.4. The Balaban J connectivity index is 0.00000364. The monoisotopic (exact) mass is 508 g/mol. The minimum absolute atomic E-state index is 0. The molecule has 1 aromatic carbocycles. The van der Waals surface area contributed by atoms with Crippen LogP contribution in [0.5, 0.6) is 0 Å². The maximum Gasteiger partial charge on any atom is 0.191 e. The van der Waals surface area contributed by atoms with E-state index < -0.39 is 9.84 Å². The molecule has 0 amide bonds. The van der Waals surface area contributed by atoms with Crippen molar-refractivity contribution in [2.75, 3.05) is 32.9 Å². The van der Waals surface area contributed by atoms with Gasteiger partial charge in [0.2, 0.25) is 0 Å². The summed E-state index contributed by atoms with van der Waals surface area (Å²) < 4.78 is 23.0. The number of likely N-dealkylation sites (tertiary alicyclic amines) is 1. The van der Waals surface area contributed by atoms with Gasteiger partial charge in [0.15, 0.2) is 15.8 Å². The second-order valence-corrected chi connectivity index (χ2v) is 8.88. The normalized spacial score (nSPS) is 18.6. The summed E-state index contributed by atoms with van der Waals surface area (Å²) in [6.45, 7) is 5.96. The zero-order chi connectivity index (χ0) is 19.0. The van der Waals surface area contributed by atoms with Crippen molar-refractivity contribution in [3.8, 4) is 0 Å². The molecule has 0 aliphatic carbocycles. The van der Waals surface area contributed by atoms with E-state index >= 15 is 0 Å². The number of rotatable bonds is 7. The third kappa shape index (κ3) is 7.95. The molecule has 8 heteroatoms. The van der Waals surface area contributed by atoms with Gasteiger partial charge in [-0.25, -0.2) is 8.42 Å². The number of nitrogens with one attached hydrogen (secondary N) is 2. The third-order valence-electron chi connectivity index (χ3n) is 4.95. The zero-order valence-electron chi connectivity index (χ0n) is 16.6. The van der Waals surface area contributed by atoms with Crippen molar-refractivity contribution in [3.63, 3.8) is 0 Å². The molecule has 0 bridgehead atoms. The molecule has 1 fully saturated rings. The molecular formula is C19H33IN4O2S. The molecule has 1 aliphatic rings. The summed E-state index contributed by atoms with van der Waals surface area (Å²) in [4.78, 5) is 7.18. The molecular weight excluding hydrogens is 475 g/mol. The highest BCUT2D eigenvalue weighted by molar-refractivity contribution is 14.0. The van der Waals surface area contributed by atoms with Crippen LogP contribution in [0.15, 0.2) is 34.2 Å². The Morgan fingerprint density at radius 2 is 1.93 bits per heavy atom. The van der Waals surface area contributed by atoms with Gasteiger partial charge in [-0.3, -0.25) is 9.89 Å². The fraction of sp³-hybridized carbons (Fsp3) is 0.632. The highest BCUT2D eigenvalue weighted by atomic mass is 127. The van der Waals surface area contributed by atoms with Crippen LogP contribution >= 0.6 is 24.0 Å². The fourth-order valence-corrected chi connectivity index (χ4v) is 4.03. The molecule has 1 atom stereocenters. The van der Waals surface area contributed by atoms with E-state index in [9.17, 15) is 8.42 Å². The van der Waals surface area contributed by atoms with Gasteiger partial charge >= 0.3 is 0 Å². The molecule has 154 valence electrons. The summed E-state index contributed by atoms with van der Waals surface area (Å²) in [5.74, 6) is 0.766. The lowest BCUT2D eigenvalue weighted by atomic mass is 10.0. The van der Waals surface area contributed by atoms with Crippen molar-refractivity contribution in [2.45, 2.75) is 50.1 Å². The van der Waals surface area contributed by atoms with E-state index in [4.69, 9.17) is 0 Å². The van der Waals surface area contributed by atoms with Crippen molar-refractivity contribution >= 4 is 39.8 Å². The molecule has 1 aliphatic heterocycles. The number of piperidine rings is 1. The Kier molecular flexibility index (Phi) is 10.6. The SMILES string of the molecule is CCC1CCCCN1CCNC(=NC)NCc1ccc(S(C)(=O)=O)cc1.I. The number of guanidine groups is 1. The van der Waals surface area contributed by atoms with E-state index in [1.165, 1.54) is 38.5 Å². The molecule has 6 nitrogen and oxygen atoms in total. The summed E-state index contributed by atoms with van der Waals surface area (Å²) in [7, 11) is -1.38. The van der Waals surface area contributed by atoms with Crippen LogP contribution < -0.4 is 10.6 Å². The van der Waals surface area contributed by atoms with Crippen LogP contribution in [0.25, 0.3) is 0 Å². The second kappa shape index (κ2) is 11.9. The molecule has 2 N–H and O–H groups in total. The first-order valence-corrected chi connectivity index (χ1v) is 11.3. The summed E-state index contributed by atoms with van der Waals surface area (Å²) in [6, 6.07) is 7.66. The number of halogens is 1. The Hall–Kier alpha value is -0.870. The molecule has 2 rings (SSSR count). The quantitative estimate of drug-likeness (QED) is 0.337. The number of benzene rings is 1. The number of aliphatic imine (C=N–C) groups is 1. The van der Waals surface area contributed by atoms with Crippen molar-refractivity contribution in [1.82, 2.24) is 15.5 Å². The van der Waals surface area contributed by atoms with Crippen LogP contribution in [0.3, 0.4) is 0 Å². The van der Waals surface area contributed by atoms with Gasteiger partial charge < -0.3 is 10.6 Å². The molecule has 0 radical (unpaired) electrons. The van der Waals surface area contributed by atoms with Crippen LogP contribution in [-0.2, 0) is 16.4 Å². The third-order valence-corrected chi connectivity index (χ3v) is 6.08. The van der Waals surface area contributed by atoms with Crippen LogP contribution in [-0.4, -0.2) is 58.3 Å². The van der Waals surface area contributed by atoms with E-state index in [0.717, 1.165) is 24.6 Å². The van der Waals surface area contributed by atoms with Crippen LogP contribution in [0.2, 0.25) is 0 Å². The number of hydrogen-bond acceptors (Lipinski definition) is 4. The van der Waals surface area contributed by atoms with Gasteiger partial charge in [0.05, 0.1) is 4.90 Å². The number of nitrogens with zero attached hydrogens (tertiary/aromatic N) is 2. The summed E-state index contributed by atoms with van der Waals surface area (Å²) in [5, 5.41) is 6.65. The van der Waals surface area contributed by atoms with E-state index in [1.807, 2.05) is 12.1 Å². The van der Waals surface area contributed by atoms with Crippen molar-refractivity contribution in [1.29, 1.82) is 0 Å². The second-order valence-electron chi connectivity index (χ2n) is 6.86. The Morgan fingerprint density at radius 1 is 1.22 bits per heavy atom. The Bertz CT molecular complexity index is 692. The minimum Gasteiger partial charge on any atom is -0.355 e. The van der Waals surface area contributed by atoms with Crippen molar-refractivity contribution < 1.29 is 8.42 Å². The van der Waals surface area contributed by atoms with Crippen molar-refractivity contribution in [3.05, 3.63) is 29.8 Å². The Morgan fingerprint density at radius 3 is 2.52 bits per heavy atom. The summed E-state index contributed by atoms with van der Waals surface area (Å²) in [5.41, 5.74) is 1.02. The predicted octanol–water partition coefficient (Wildman–Crippen LogP) is 2.64. The van der Waals surface area contributed by atoms with Gasteiger partial charge in [0, 0.05) is 39.0 Å². The first kappa shape index (κ1) is 24.2. The fourth-order valence-electron chi connectivity index (χ4n) is 3.40. The standard InChI is InChI=1S/C19H32N4O2S.HI/c1-4-17-7-5-6-13-23(17)14-12-21-19(20-2)22-15-16-8-10-18(11-9-16)26(3,24)25;/h8-11,17H,4-7,12-15H2,1-3H3,(H2,20,21,22);1H. The lowest BCUT2D eigenvalue weighted by Gasteiger charge is -2.35. The topological polar surface area (TPSA) is 73.8 Å². The summed E-state index contributed by atoms with van der Waals surface area (Å²) in [6.07, 6.45) is 6.40. The number of hydrogen-bond donors (Lipinski definition) is 2. The van der Waals surface area contributed by atoms with E-state index in [2.05, 4.69) is 27.4 Å². The maximum absolute atomic E-state index is 11.5. The van der Waals surface area contributed by atoms with E-state index in [0.29, 0.717) is 17.5 Å². The summed E-state index contributed by atoms with van der Waals surface area (Å²) >= 11 is 0. The van der Waals surface area contributed by atoms with Gasteiger partial charge in [-0.15, -0.1) is 24.0 Å². The van der Waals surface area contributed by atoms with Gasteiger partial charge in [-0.05, 0) is 43.5 Å². The first-order valence-electron chi connectivity index (χ1n) is 9.41. The molecule has 0 spiro atoms. The highest BCUT2D eigenvalue weighted by Crippen LogP contribution is 2.18. The van der Waals surface area contributed by atoms with E-state index in [-0.39, 0.29) is 24.0 Å². The average molecular weight is 508 g/mol. The smallest absolute Gasteiger partial charge is 0.191 e. The van der Waals surface area contributed by atoms with Gasteiger partial charge in [-0.2, -0.15) is 0 Å². The van der Waals surface area contributed by atoms with E-state index in [1.54, 1.807) is 19.2 Å². The lowest BCUT2D eigenvalue weighted by molar-refractivity contribution is 0.147. The molecule has 1 aromatic rings. The van der Waals surface area contributed by atoms with Gasteiger partial charge in [0.25, 0.3) is 0 Å².